The highest BCUT2D eigenvalue weighted by Crippen LogP contribution is 2.41. The van der Waals surface area contributed by atoms with Gasteiger partial charge in [-0.2, -0.15) is 0 Å². The molecule has 0 radical (unpaired) electrons. The summed E-state index contributed by atoms with van der Waals surface area (Å²) in [5, 5.41) is 2.98. The van der Waals surface area contributed by atoms with Gasteiger partial charge in [0.25, 0.3) is 0 Å². The van der Waals surface area contributed by atoms with Gasteiger partial charge < -0.3 is 5.32 Å². The summed E-state index contributed by atoms with van der Waals surface area (Å²) in [5.74, 6) is 2.88. The van der Waals surface area contributed by atoms with Crippen LogP contribution >= 0.6 is 0 Å². The van der Waals surface area contributed by atoms with Crippen molar-refractivity contribution in [3.8, 4) is 0 Å². The first-order valence-corrected chi connectivity index (χ1v) is 7.43. The summed E-state index contributed by atoms with van der Waals surface area (Å²) in [5.41, 5.74) is 0.896. The normalized spacial score (nSPS) is 28.1. The first-order valence-electron chi connectivity index (χ1n) is 7.43. The Morgan fingerprint density at radius 3 is 2.53 bits per heavy atom. The molecule has 19 heavy (non-hydrogen) atoms. The van der Waals surface area contributed by atoms with Crippen LogP contribution in [0.1, 0.15) is 40.0 Å². The van der Waals surface area contributed by atoms with E-state index in [0.717, 1.165) is 17.5 Å². The standard InChI is InChI=1S/C17H25NO/c1-12-9-10-16(14(12)3)13(2)11-17(19)18-15-7-5-4-6-8-15/h4-8,12-14,16H,9-11H2,1-3H3,(H,18,19)/t12-,13+,14-,16-/m1/s1. The number of para-hydroxylation sites is 1. The van der Waals surface area contributed by atoms with Gasteiger partial charge in [0, 0.05) is 12.1 Å². The SMILES string of the molecule is C[C@H]1[C@@H]([C@@H](C)CC(=O)Nc2ccccc2)CC[C@H]1C. The number of nitrogens with one attached hydrogen (secondary N) is 1. The van der Waals surface area contributed by atoms with E-state index in [2.05, 4.69) is 26.1 Å². The lowest BCUT2D eigenvalue weighted by atomic mass is 9.82. The molecule has 1 aromatic carbocycles. The average molecular weight is 259 g/mol. The topological polar surface area (TPSA) is 29.1 Å². The van der Waals surface area contributed by atoms with Crippen LogP contribution in [0.3, 0.4) is 0 Å². The minimum atomic E-state index is 0.144. The molecular weight excluding hydrogens is 234 g/mol. The second kappa shape index (κ2) is 6.23. The van der Waals surface area contributed by atoms with Crippen LogP contribution < -0.4 is 5.32 Å². The summed E-state index contributed by atoms with van der Waals surface area (Å²) in [6.45, 7) is 6.90. The maximum atomic E-state index is 12.1. The molecule has 1 aliphatic rings. The maximum absolute atomic E-state index is 12.1. The van der Waals surface area contributed by atoms with Gasteiger partial charge in [-0.1, -0.05) is 45.4 Å². The van der Waals surface area contributed by atoms with Gasteiger partial charge in [-0.15, -0.1) is 0 Å². The molecular formula is C17H25NO. The van der Waals surface area contributed by atoms with E-state index in [-0.39, 0.29) is 5.91 Å². The number of hydrogen-bond donors (Lipinski definition) is 1. The van der Waals surface area contributed by atoms with Crippen molar-refractivity contribution >= 4 is 11.6 Å². The number of hydrogen-bond acceptors (Lipinski definition) is 1. The van der Waals surface area contributed by atoms with E-state index >= 15 is 0 Å². The Kier molecular flexibility index (Phi) is 4.62. The number of amides is 1. The molecule has 1 N–H and O–H groups in total. The zero-order chi connectivity index (χ0) is 13.8. The number of rotatable bonds is 4. The van der Waals surface area contributed by atoms with E-state index in [1.54, 1.807) is 0 Å². The monoisotopic (exact) mass is 259 g/mol. The first-order chi connectivity index (χ1) is 9.08. The molecule has 2 rings (SSSR count). The Labute approximate surface area is 116 Å². The largest absolute Gasteiger partial charge is 0.326 e. The fourth-order valence-corrected chi connectivity index (χ4v) is 3.38. The van der Waals surface area contributed by atoms with Gasteiger partial charge in [0.2, 0.25) is 5.91 Å². The predicted molar refractivity (Wildman–Crippen MR) is 79.9 cm³/mol. The smallest absolute Gasteiger partial charge is 0.224 e. The Morgan fingerprint density at radius 1 is 1.26 bits per heavy atom. The summed E-state index contributed by atoms with van der Waals surface area (Å²) in [7, 11) is 0. The van der Waals surface area contributed by atoms with Crippen molar-refractivity contribution in [3.05, 3.63) is 30.3 Å². The summed E-state index contributed by atoms with van der Waals surface area (Å²) in [6.07, 6.45) is 3.23. The Morgan fingerprint density at radius 2 is 1.95 bits per heavy atom. The molecule has 0 aromatic heterocycles. The second-order valence-electron chi connectivity index (χ2n) is 6.17. The fraction of sp³-hybridized carbons (Fsp3) is 0.588. The molecule has 104 valence electrons. The highest BCUT2D eigenvalue weighted by molar-refractivity contribution is 5.90. The van der Waals surface area contributed by atoms with Crippen molar-refractivity contribution in [2.45, 2.75) is 40.0 Å². The van der Waals surface area contributed by atoms with Crippen LogP contribution in [0.4, 0.5) is 5.69 Å². The van der Waals surface area contributed by atoms with E-state index in [1.165, 1.54) is 12.8 Å². The molecule has 1 saturated carbocycles. The maximum Gasteiger partial charge on any atom is 0.224 e. The third-order valence-electron chi connectivity index (χ3n) is 4.82. The Hall–Kier alpha value is -1.31. The molecule has 0 heterocycles. The van der Waals surface area contributed by atoms with Crippen LogP contribution in [0.25, 0.3) is 0 Å². The van der Waals surface area contributed by atoms with Gasteiger partial charge >= 0.3 is 0 Å². The molecule has 0 aliphatic heterocycles. The second-order valence-corrected chi connectivity index (χ2v) is 6.17. The van der Waals surface area contributed by atoms with E-state index < -0.39 is 0 Å². The number of carbonyl (C=O) groups is 1. The summed E-state index contributed by atoms with van der Waals surface area (Å²) < 4.78 is 0. The molecule has 1 fully saturated rings. The van der Waals surface area contributed by atoms with Crippen molar-refractivity contribution in [1.82, 2.24) is 0 Å². The summed E-state index contributed by atoms with van der Waals surface area (Å²) in [4.78, 5) is 12.1. The van der Waals surface area contributed by atoms with Crippen molar-refractivity contribution < 1.29 is 4.79 Å². The van der Waals surface area contributed by atoms with Crippen LogP contribution in [0.15, 0.2) is 30.3 Å². The predicted octanol–water partition coefficient (Wildman–Crippen LogP) is 4.33. The van der Waals surface area contributed by atoms with Gasteiger partial charge in [-0.05, 0) is 42.2 Å². The number of anilines is 1. The number of benzene rings is 1. The Bertz CT molecular complexity index is 415. The van der Waals surface area contributed by atoms with E-state index in [1.807, 2.05) is 30.3 Å². The highest BCUT2D eigenvalue weighted by Gasteiger charge is 2.33. The molecule has 1 aromatic rings. The molecule has 0 spiro atoms. The van der Waals surface area contributed by atoms with Crippen molar-refractivity contribution in [3.63, 3.8) is 0 Å². The Balaban J connectivity index is 1.85. The zero-order valence-corrected chi connectivity index (χ0v) is 12.2. The van der Waals surface area contributed by atoms with E-state index in [0.29, 0.717) is 18.3 Å². The van der Waals surface area contributed by atoms with Crippen LogP contribution in [0, 0.1) is 23.7 Å². The quantitative estimate of drug-likeness (QED) is 0.856. The van der Waals surface area contributed by atoms with Crippen molar-refractivity contribution in [2.75, 3.05) is 5.32 Å². The van der Waals surface area contributed by atoms with Crippen molar-refractivity contribution in [1.29, 1.82) is 0 Å². The van der Waals surface area contributed by atoms with Crippen LogP contribution in [-0.4, -0.2) is 5.91 Å². The van der Waals surface area contributed by atoms with Gasteiger partial charge in [-0.25, -0.2) is 0 Å². The third-order valence-corrected chi connectivity index (χ3v) is 4.82. The van der Waals surface area contributed by atoms with Crippen molar-refractivity contribution in [2.24, 2.45) is 23.7 Å². The molecule has 2 heteroatoms. The van der Waals surface area contributed by atoms with Crippen LogP contribution in [0.5, 0.6) is 0 Å². The lowest BCUT2D eigenvalue weighted by Crippen LogP contribution is -2.22. The van der Waals surface area contributed by atoms with E-state index in [4.69, 9.17) is 0 Å². The molecule has 0 bridgehead atoms. The first kappa shape index (κ1) is 14.1. The molecule has 2 nitrogen and oxygen atoms in total. The van der Waals surface area contributed by atoms with E-state index in [9.17, 15) is 4.79 Å². The van der Waals surface area contributed by atoms with Crippen LogP contribution in [-0.2, 0) is 4.79 Å². The minimum absolute atomic E-state index is 0.144. The summed E-state index contributed by atoms with van der Waals surface area (Å²) >= 11 is 0. The molecule has 0 saturated heterocycles. The lowest BCUT2D eigenvalue weighted by molar-refractivity contribution is -0.117. The zero-order valence-electron chi connectivity index (χ0n) is 12.2. The average Bonchev–Trinajstić information content (AvgIpc) is 2.71. The highest BCUT2D eigenvalue weighted by atomic mass is 16.1. The summed E-state index contributed by atoms with van der Waals surface area (Å²) in [6, 6.07) is 9.71. The molecule has 1 aliphatic carbocycles. The van der Waals surface area contributed by atoms with Crippen LogP contribution in [0.2, 0.25) is 0 Å². The van der Waals surface area contributed by atoms with Gasteiger partial charge in [0.05, 0.1) is 0 Å². The lowest BCUT2D eigenvalue weighted by Gasteiger charge is -2.24. The molecule has 1 amide bonds. The third kappa shape index (κ3) is 3.59. The van der Waals surface area contributed by atoms with Gasteiger partial charge in [-0.3, -0.25) is 4.79 Å². The van der Waals surface area contributed by atoms with Gasteiger partial charge in [0.1, 0.15) is 0 Å². The minimum Gasteiger partial charge on any atom is -0.326 e. The fourth-order valence-electron chi connectivity index (χ4n) is 3.38. The molecule has 0 unspecified atom stereocenters. The molecule has 4 atom stereocenters. The van der Waals surface area contributed by atoms with Gasteiger partial charge in [0.15, 0.2) is 0 Å². The number of carbonyl (C=O) groups excluding carboxylic acids is 1.